The Labute approximate surface area is 385 Å². The van der Waals surface area contributed by atoms with Gasteiger partial charge in [0.05, 0.1) is 24.0 Å². The normalized spacial score (nSPS) is 18.9. The maximum absolute atomic E-state index is 13.1. The van der Waals surface area contributed by atoms with Gasteiger partial charge in [0.15, 0.2) is 0 Å². The average Bonchev–Trinajstić information content (AvgIpc) is 3.86. The van der Waals surface area contributed by atoms with Crippen molar-refractivity contribution in [1.82, 2.24) is 30.4 Å². The van der Waals surface area contributed by atoms with E-state index < -0.39 is 12.1 Å². The van der Waals surface area contributed by atoms with E-state index >= 15 is 0 Å². The molecular weight excluding hydrogens is 829 g/mol. The second kappa shape index (κ2) is 21.5. The zero-order valence-electron chi connectivity index (χ0n) is 37.8. The van der Waals surface area contributed by atoms with Crippen molar-refractivity contribution < 1.29 is 24.3 Å². The number of fused-ring (bicyclic) bond motifs is 2. The van der Waals surface area contributed by atoms with Crippen molar-refractivity contribution in [3.63, 3.8) is 0 Å². The van der Waals surface area contributed by atoms with E-state index in [0.29, 0.717) is 37.1 Å². The minimum absolute atomic E-state index is 0.156. The van der Waals surface area contributed by atoms with Crippen molar-refractivity contribution in [2.75, 3.05) is 0 Å². The van der Waals surface area contributed by atoms with Crippen molar-refractivity contribution in [1.29, 1.82) is 10.5 Å². The molecule has 0 spiro atoms. The van der Waals surface area contributed by atoms with Crippen molar-refractivity contribution >= 4 is 45.4 Å². The van der Waals surface area contributed by atoms with Crippen LogP contribution < -0.4 is 21.3 Å². The molecule has 4 aromatic carbocycles. The number of hydrogen-bond donors (Lipinski definition) is 5. The van der Waals surface area contributed by atoms with Crippen LogP contribution >= 0.6 is 0 Å². The number of para-hydroxylation sites is 2. The molecule has 2 fully saturated rings. The predicted molar refractivity (Wildman–Crippen MR) is 254 cm³/mol. The Balaban J connectivity index is 0.000000196. The van der Waals surface area contributed by atoms with E-state index in [1.165, 1.54) is 0 Å². The Bertz CT molecular complexity index is 2570. The molecule has 4 amide bonds. The van der Waals surface area contributed by atoms with Gasteiger partial charge in [-0.05, 0) is 80.1 Å². The zero-order chi connectivity index (χ0) is 46.7. The van der Waals surface area contributed by atoms with Gasteiger partial charge in [0.2, 0.25) is 11.8 Å². The highest BCUT2D eigenvalue weighted by molar-refractivity contribution is 6.00. The smallest absolute Gasteiger partial charge is 0.268 e. The van der Waals surface area contributed by atoms with E-state index in [2.05, 4.69) is 33.4 Å². The summed E-state index contributed by atoms with van der Waals surface area (Å²) in [4.78, 5) is 52.4. The summed E-state index contributed by atoms with van der Waals surface area (Å²) >= 11 is 0. The fraction of sp³-hybridized carbons (Fsp3) is 0.358. The van der Waals surface area contributed by atoms with Crippen LogP contribution in [-0.2, 0) is 36.5 Å². The summed E-state index contributed by atoms with van der Waals surface area (Å²) in [6.07, 6.45) is 7.42. The van der Waals surface area contributed by atoms with Crippen LogP contribution in [0.4, 0.5) is 0 Å². The number of nitrogens with one attached hydrogen (secondary N) is 4. The molecule has 6 aromatic rings. The third-order valence-corrected chi connectivity index (χ3v) is 13.1. The van der Waals surface area contributed by atoms with Crippen LogP contribution in [0.25, 0.3) is 21.8 Å². The molecule has 2 aliphatic rings. The third-order valence-electron chi connectivity index (χ3n) is 13.1. The van der Waals surface area contributed by atoms with Gasteiger partial charge in [0, 0.05) is 60.8 Å². The molecule has 2 saturated carbocycles. The molecule has 0 saturated heterocycles. The number of rotatable bonds is 12. The van der Waals surface area contributed by atoms with Gasteiger partial charge in [0.25, 0.3) is 11.8 Å². The Morgan fingerprint density at radius 3 is 1.41 bits per heavy atom. The van der Waals surface area contributed by atoms with E-state index in [0.717, 1.165) is 77.0 Å². The van der Waals surface area contributed by atoms with Gasteiger partial charge in [-0.15, -0.1) is 0 Å². The lowest BCUT2D eigenvalue weighted by Gasteiger charge is -2.32. The van der Waals surface area contributed by atoms with Gasteiger partial charge in [-0.1, -0.05) is 104 Å². The number of phenolic OH excluding ortho intramolecular Hbond substituents is 1. The SMILES string of the molecule is Cc1ccc(C[C@@H](C#N)NC(=O)[C@@H]2CCCC[C@@H]2NC(=O)c2cc3ccccc3n2C)cc1.Cn1c(C(=O)N[C@H]2CCCC[C@H]2C(=O)N[C@H](C#N)Cc2ccc(O)cc2)cc2ccccc21. The highest BCUT2D eigenvalue weighted by atomic mass is 16.3. The minimum Gasteiger partial charge on any atom is -0.508 e. The van der Waals surface area contributed by atoms with Gasteiger partial charge in [-0.3, -0.25) is 19.2 Å². The predicted octanol–water partition coefficient (Wildman–Crippen LogP) is 7.45. The van der Waals surface area contributed by atoms with Crippen LogP contribution in [0, 0.1) is 41.4 Å². The third kappa shape index (κ3) is 11.3. The highest BCUT2D eigenvalue weighted by Crippen LogP contribution is 2.28. The maximum atomic E-state index is 13.1. The number of nitrogens with zero attached hydrogens (tertiary/aromatic N) is 4. The standard InChI is InChI=1S/C27H30N4O2.C26H28N4O3/c1-18-11-13-19(14-12-18)15-21(17-28)29-26(32)22-8-4-5-9-23(22)30-27(33)25-16-20-7-3-6-10-24(20)31(25)2;1-30-23-9-5-2-6-18(23)15-24(30)26(33)29-22-8-4-3-7-21(22)25(32)28-19(16-27)14-17-10-12-20(31)13-11-17/h3,6-7,10-14,16,21-23H,4-5,8-9,15H2,1-2H3,(H,29,32)(H,30,33);2,5-6,9-13,15,19,21-22,31H,3-4,7-8,14H2,1H3,(H,28,32)(H,29,33)/t21-,22+,23-;19-,21+,22-/m00/s1. The molecule has 5 N–H and O–H groups in total. The van der Waals surface area contributed by atoms with Gasteiger partial charge in [-0.25, -0.2) is 0 Å². The molecule has 340 valence electrons. The van der Waals surface area contributed by atoms with E-state index in [1.807, 2.05) is 115 Å². The molecule has 8 rings (SSSR count). The van der Waals surface area contributed by atoms with Crippen LogP contribution in [0.5, 0.6) is 5.75 Å². The topological polar surface area (TPSA) is 194 Å². The number of amides is 4. The van der Waals surface area contributed by atoms with Crippen LogP contribution in [0.15, 0.2) is 109 Å². The summed E-state index contributed by atoms with van der Waals surface area (Å²) in [5.74, 6) is -1.30. The summed E-state index contributed by atoms with van der Waals surface area (Å²) in [6, 6.07) is 36.6. The number of aryl methyl sites for hydroxylation is 3. The first-order valence-electron chi connectivity index (χ1n) is 22.9. The van der Waals surface area contributed by atoms with Crippen molar-refractivity contribution in [2.45, 2.75) is 95.3 Å². The highest BCUT2D eigenvalue weighted by Gasteiger charge is 2.35. The largest absolute Gasteiger partial charge is 0.508 e. The summed E-state index contributed by atoms with van der Waals surface area (Å²) in [5, 5.41) is 42.6. The number of nitriles is 2. The number of benzene rings is 4. The fourth-order valence-electron chi connectivity index (χ4n) is 9.38. The minimum atomic E-state index is -0.682. The lowest BCUT2D eigenvalue weighted by atomic mass is 9.83. The number of hydrogen-bond acceptors (Lipinski definition) is 7. The molecule has 2 heterocycles. The summed E-state index contributed by atoms with van der Waals surface area (Å²) in [6.45, 7) is 2.02. The molecule has 2 aromatic heterocycles. The number of carbonyl (C=O) groups is 4. The molecule has 0 radical (unpaired) electrons. The van der Waals surface area contributed by atoms with E-state index in [4.69, 9.17) is 0 Å². The molecule has 0 bridgehead atoms. The Kier molecular flexibility index (Phi) is 15.2. The van der Waals surface area contributed by atoms with E-state index in [9.17, 15) is 34.8 Å². The second-order valence-corrected chi connectivity index (χ2v) is 17.7. The van der Waals surface area contributed by atoms with Crippen molar-refractivity contribution in [2.24, 2.45) is 25.9 Å². The Hall–Kier alpha value is -7.38. The number of aromatic hydroxyl groups is 1. The van der Waals surface area contributed by atoms with Gasteiger partial charge in [-0.2, -0.15) is 10.5 Å². The average molecular weight is 887 g/mol. The lowest BCUT2D eigenvalue weighted by Crippen LogP contribution is -2.50. The zero-order valence-corrected chi connectivity index (χ0v) is 37.8. The lowest BCUT2D eigenvalue weighted by molar-refractivity contribution is -0.128. The fourth-order valence-corrected chi connectivity index (χ4v) is 9.38. The Morgan fingerprint density at radius 1 is 0.606 bits per heavy atom. The van der Waals surface area contributed by atoms with Gasteiger partial charge in [0.1, 0.15) is 29.2 Å². The van der Waals surface area contributed by atoms with Gasteiger partial charge >= 0.3 is 0 Å². The molecular formula is C53H58N8O5. The number of aromatic nitrogens is 2. The molecule has 2 aliphatic carbocycles. The quantitative estimate of drug-likeness (QED) is 0.0842. The molecule has 66 heavy (non-hydrogen) atoms. The van der Waals surface area contributed by atoms with Gasteiger partial charge < -0.3 is 35.5 Å². The van der Waals surface area contributed by atoms with Crippen molar-refractivity contribution in [3.05, 3.63) is 137 Å². The van der Waals surface area contributed by atoms with Crippen LogP contribution in [0.3, 0.4) is 0 Å². The Morgan fingerprint density at radius 2 is 1.00 bits per heavy atom. The molecule has 0 unspecified atom stereocenters. The number of phenols is 1. The van der Waals surface area contributed by atoms with Crippen molar-refractivity contribution in [3.8, 4) is 17.9 Å². The van der Waals surface area contributed by atoms with Crippen LogP contribution in [0.1, 0.15) is 89.0 Å². The van der Waals surface area contributed by atoms with E-state index in [1.54, 1.807) is 24.3 Å². The maximum Gasteiger partial charge on any atom is 0.268 e. The number of carbonyl (C=O) groups excluding carboxylic acids is 4. The summed E-state index contributed by atoms with van der Waals surface area (Å²) in [7, 11) is 3.74. The second-order valence-electron chi connectivity index (χ2n) is 17.7. The molecule has 13 heteroatoms. The molecule has 0 aliphatic heterocycles. The first-order chi connectivity index (χ1) is 31.9. The van der Waals surface area contributed by atoms with E-state index in [-0.39, 0.29) is 53.3 Å². The molecule has 6 atom stereocenters. The van der Waals surface area contributed by atoms with Crippen LogP contribution in [0.2, 0.25) is 0 Å². The van der Waals surface area contributed by atoms with Crippen LogP contribution in [-0.4, -0.2) is 62.0 Å². The first-order valence-corrected chi connectivity index (χ1v) is 22.9. The summed E-state index contributed by atoms with van der Waals surface area (Å²) in [5.41, 5.74) is 6.13. The monoisotopic (exact) mass is 886 g/mol. The first kappa shape index (κ1) is 46.6. The summed E-state index contributed by atoms with van der Waals surface area (Å²) < 4.78 is 3.75. The molecule has 13 nitrogen and oxygen atoms in total.